The number of aromatic nitrogens is 3. The molecular formula is C8H7BClN3O2. The molecule has 0 aliphatic carbocycles. The van der Waals surface area contributed by atoms with Crippen LogP contribution in [0.15, 0.2) is 30.7 Å². The van der Waals surface area contributed by atoms with Gasteiger partial charge in [-0.05, 0) is 12.1 Å². The van der Waals surface area contributed by atoms with Crippen LogP contribution >= 0.6 is 11.6 Å². The largest absolute Gasteiger partial charge is 0.490 e. The predicted octanol–water partition coefficient (Wildman–Crippen LogP) is -0.399. The zero-order chi connectivity index (χ0) is 10.8. The highest BCUT2D eigenvalue weighted by Crippen LogP contribution is 2.14. The fourth-order valence-electron chi connectivity index (χ4n) is 1.17. The van der Waals surface area contributed by atoms with Gasteiger partial charge >= 0.3 is 7.12 Å². The van der Waals surface area contributed by atoms with Gasteiger partial charge in [-0.15, -0.1) is 0 Å². The van der Waals surface area contributed by atoms with Crippen molar-refractivity contribution in [2.45, 2.75) is 0 Å². The Morgan fingerprint density at radius 2 is 2.20 bits per heavy atom. The molecule has 2 N–H and O–H groups in total. The summed E-state index contributed by atoms with van der Waals surface area (Å²) in [5.41, 5.74) is 0.775. The Balaban J connectivity index is 2.51. The summed E-state index contributed by atoms with van der Waals surface area (Å²) < 4.78 is 1.50. The second-order valence-corrected chi connectivity index (χ2v) is 3.26. The van der Waals surface area contributed by atoms with Gasteiger partial charge in [-0.25, -0.2) is 9.67 Å². The van der Waals surface area contributed by atoms with Crippen molar-refractivity contribution >= 4 is 24.2 Å². The van der Waals surface area contributed by atoms with Gasteiger partial charge < -0.3 is 10.0 Å². The van der Waals surface area contributed by atoms with Crippen molar-refractivity contribution in [2.75, 3.05) is 0 Å². The summed E-state index contributed by atoms with van der Waals surface area (Å²) in [6.07, 6.45) is 4.59. The first-order valence-corrected chi connectivity index (χ1v) is 4.58. The average molecular weight is 223 g/mol. The lowest BCUT2D eigenvalue weighted by Crippen LogP contribution is -2.30. The predicted molar refractivity (Wildman–Crippen MR) is 56.2 cm³/mol. The molecule has 0 aliphatic rings. The molecule has 2 heterocycles. The van der Waals surface area contributed by atoms with Crippen LogP contribution in [0, 0.1) is 0 Å². The van der Waals surface area contributed by atoms with Gasteiger partial charge in [0.1, 0.15) is 5.69 Å². The number of hydrogen-bond donors (Lipinski definition) is 2. The molecule has 2 aromatic rings. The van der Waals surface area contributed by atoms with Crippen molar-refractivity contribution in [3.63, 3.8) is 0 Å². The Morgan fingerprint density at radius 3 is 2.80 bits per heavy atom. The SMILES string of the molecule is OB(O)c1cnc(Cl)c(-n2cccn2)c1. The minimum Gasteiger partial charge on any atom is -0.423 e. The molecule has 0 spiro atoms. The first-order valence-electron chi connectivity index (χ1n) is 4.20. The van der Waals surface area contributed by atoms with Gasteiger partial charge in [-0.1, -0.05) is 11.6 Å². The van der Waals surface area contributed by atoms with E-state index in [2.05, 4.69) is 10.1 Å². The van der Waals surface area contributed by atoms with E-state index in [1.807, 2.05) is 0 Å². The topological polar surface area (TPSA) is 71.2 Å². The molecule has 0 fully saturated rings. The zero-order valence-electron chi connectivity index (χ0n) is 7.58. The number of halogens is 1. The van der Waals surface area contributed by atoms with E-state index in [0.29, 0.717) is 5.69 Å². The summed E-state index contributed by atoms with van der Waals surface area (Å²) in [7, 11) is -1.57. The summed E-state index contributed by atoms with van der Waals surface area (Å²) in [5.74, 6) is 0. The van der Waals surface area contributed by atoms with E-state index in [-0.39, 0.29) is 10.6 Å². The summed E-state index contributed by atoms with van der Waals surface area (Å²) in [4.78, 5) is 3.84. The summed E-state index contributed by atoms with van der Waals surface area (Å²) >= 11 is 5.86. The minimum absolute atomic E-state index is 0.253. The Bertz CT molecular complexity index is 461. The molecule has 5 nitrogen and oxygen atoms in total. The van der Waals surface area contributed by atoms with Crippen LogP contribution in [0.4, 0.5) is 0 Å². The van der Waals surface area contributed by atoms with Crippen LogP contribution in [0.1, 0.15) is 0 Å². The smallest absolute Gasteiger partial charge is 0.423 e. The summed E-state index contributed by atoms with van der Waals surface area (Å²) in [6.45, 7) is 0. The third-order valence-electron chi connectivity index (χ3n) is 1.89. The lowest BCUT2D eigenvalue weighted by molar-refractivity contribution is 0.425. The second kappa shape index (κ2) is 4.02. The lowest BCUT2D eigenvalue weighted by Gasteiger charge is -2.05. The third kappa shape index (κ3) is 2.01. The van der Waals surface area contributed by atoms with Crippen molar-refractivity contribution in [2.24, 2.45) is 0 Å². The molecule has 2 rings (SSSR count). The Hall–Kier alpha value is -1.37. The Morgan fingerprint density at radius 1 is 1.40 bits per heavy atom. The van der Waals surface area contributed by atoms with E-state index in [1.165, 1.54) is 16.9 Å². The van der Waals surface area contributed by atoms with Crippen LogP contribution in [-0.4, -0.2) is 31.9 Å². The van der Waals surface area contributed by atoms with E-state index < -0.39 is 7.12 Å². The first kappa shape index (κ1) is 10.2. The molecule has 7 heteroatoms. The van der Waals surface area contributed by atoms with Crippen molar-refractivity contribution < 1.29 is 10.0 Å². The molecule has 0 aliphatic heterocycles. The highest BCUT2D eigenvalue weighted by Gasteiger charge is 2.14. The van der Waals surface area contributed by atoms with E-state index in [4.69, 9.17) is 21.6 Å². The summed E-state index contributed by atoms with van der Waals surface area (Å²) in [6, 6.07) is 3.26. The minimum atomic E-state index is -1.57. The average Bonchev–Trinajstić information content (AvgIpc) is 2.71. The van der Waals surface area contributed by atoms with Gasteiger partial charge in [0.2, 0.25) is 0 Å². The molecule has 0 radical (unpaired) electrons. The number of rotatable bonds is 2. The molecule has 0 atom stereocenters. The highest BCUT2D eigenvalue weighted by molar-refractivity contribution is 6.58. The molecule has 0 amide bonds. The molecule has 0 unspecified atom stereocenters. The number of pyridine rings is 1. The van der Waals surface area contributed by atoms with Gasteiger partial charge in [0.25, 0.3) is 0 Å². The standard InChI is InChI=1S/C8H7BClN3O2/c10-8-7(13-3-1-2-12-13)4-6(5-11-8)9(14)15/h1-5,14-15H. The molecule has 0 bridgehead atoms. The van der Waals surface area contributed by atoms with Crippen LogP contribution < -0.4 is 5.46 Å². The van der Waals surface area contributed by atoms with Crippen LogP contribution in [0.25, 0.3) is 5.69 Å². The Labute approximate surface area is 91.1 Å². The van der Waals surface area contributed by atoms with Crippen LogP contribution in [0.2, 0.25) is 5.15 Å². The fourth-order valence-corrected chi connectivity index (χ4v) is 1.36. The van der Waals surface area contributed by atoms with Crippen molar-refractivity contribution in [3.05, 3.63) is 35.9 Å². The summed E-state index contributed by atoms with van der Waals surface area (Å²) in [5, 5.41) is 22.2. The van der Waals surface area contributed by atoms with Crippen molar-refractivity contribution in [1.82, 2.24) is 14.8 Å². The van der Waals surface area contributed by atoms with E-state index >= 15 is 0 Å². The van der Waals surface area contributed by atoms with Crippen LogP contribution in [0.3, 0.4) is 0 Å². The number of nitrogens with zero attached hydrogens (tertiary/aromatic N) is 3. The maximum Gasteiger partial charge on any atom is 0.490 e. The molecule has 0 saturated carbocycles. The third-order valence-corrected chi connectivity index (χ3v) is 2.18. The fraction of sp³-hybridized carbons (Fsp3) is 0. The maximum absolute atomic E-state index is 8.98. The molecular weight excluding hydrogens is 216 g/mol. The molecule has 0 aromatic carbocycles. The van der Waals surface area contributed by atoms with Gasteiger partial charge in [-0.3, -0.25) is 0 Å². The van der Waals surface area contributed by atoms with Gasteiger partial charge in [-0.2, -0.15) is 5.10 Å². The molecule has 0 saturated heterocycles. The van der Waals surface area contributed by atoms with E-state index in [0.717, 1.165) is 0 Å². The van der Waals surface area contributed by atoms with Gasteiger partial charge in [0, 0.05) is 24.1 Å². The molecule has 76 valence electrons. The van der Waals surface area contributed by atoms with Crippen LogP contribution in [-0.2, 0) is 0 Å². The monoisotopic (exact) mass is 223 g/mol. The van der Waals surface area contributed by atoms with Crippen molar-refractivity contribution in [1.29, 1.82) is 0 Å². The Kier molecular flexibility index (Phi) is 2.72. The molecule has 15 heavy (non-hydrogen) atoms. The quantitative estimate of drug-likeness (QED) is 0.537. The first-order chi connectivity index (χ1) is 7.18. The van der Waals surface area contributed by atoms with E-state index in [1.54, 1.807) is 18.5 Å². The molecule has 2 aromatic heterocycles. The van der Waals surface area contributed by atoms with Gasteiger partial charge in [0.05, 0.1) is 0 Å². The number of hydrogen-bond acceptors (Lipinski definition) is 4. The lowest BCUT2D eigenvalue weighted by atomic mass is 9.81. The highest BCUT2D eigenvalue weighted by atomic mass is 35.5. The van der Waals surface area contributed by atoms with Crippen molar-refractivity contribution in [3.8, 4) is 5.69 Å². The maximum atomic E-state index is 8.98. The second-order valence-electron chi connectivity index (χ2n) is 2.90. The normalized spacial score (nSPS) is 10.3. The zero-order valence-corrected chi connectivity index (χ0v) is 8.33. The van der Waals surface area contributed by atoms with Gasteiger partial charge in [0.15, 0.2) is 5.15 Å². The van der Waals surface area contributed by atoms with Crippen LogP contribution in [0.5, 0.6) is 0 Å². The van der Waals surface area contributed by atoms with E-state index in [9.17, 15) is 0 Å².